The minimum absolute atomic E-state index is 0.233. The Balaban J connectivity index is 2.75. The van der Waals surface area contributed by atoms with Crippen molar-refractivity contribution in [3.05, 3.63) is 0 Å². The number of piperidine rings is 1. The summed E-state index contributed by atoms with van der Waals surface area (Å²) in [5.74, 6) is 0. The summed E-state index contributed by atoms with van der Waals surface area (Å²) in [6.45, 7) is 15.1. The third-order valence-corrected chi connectivity index (χ3v) is 3.94. The van der Waals surface area contributed by atoms with Gasteiger partial charge in [0.25, 0.3) is 0 Å². The highest BCUT2D eigenvalue weighted by molar-refractivity contribution is 5.07. The fourth-order valence-corrected chi connectivity index (χ4v) is 3.79. The zero-order valence-corrected chi connectivity index (χ0v) is 12.7. The fourth-order valence-electron chi connectivity index (χ4n) is 3.79. The van der Waals surface area contributed by atoms with Gasteiger partial charge < -0.3 is 10.6 Å². The van der Waals surface area contributed by atoms with Crippen LogP contribution < -0.4 is 10.6 Å². The fraction of sp³-hybridized carbons (Fsp3) is 1.00. The summed E-state index contributed by atoms with van der Waals surface area (Å²) in [5, 5.41) is 7.63. The Hall–Kier alpha value is -0.0800. The summed E-state index contributed by atoms with van der Waals surface area (Å²) in [6, 6.07) is 0. The maximum Gasteiger partial charge on any atom is 0.0213 e. The summed E-state index contributed by atoms with van der Waals surface area (Å²) in [5.41, 5.74) is 0.793. The zero-order valence-electron chi connectivity index (χ0n) is 12.7. The van der Waals surface area contributed by atoms with Crippen molar-refractivity contribution in [2.75, 3.05) is 6.54 Å². The molecule has 0 saturated carbocycles. The Labute approximate surface area is 108 Å². The van der Waals surface area contributed by atoms with E-state index in [1.807, 2.05) is 0 Å². The molecular weight excluding hydrogens is 208 g/mol. The summed E-state index contributed by atoms with van der Waals surface area (Å²) < 4.78 is 0. The molecule has 2 heteroatoms. The molecule has 102 valence electrons. The first kappa shape index (κ1) is 15.0. The Morgan fingerprint density at radius 1 is 1.00 bits per heavy atom. The van der Waals surface area contributed by atoms with Crippen molar-refractivity contribution >= 4 is 0 Å². The summed E-state index contributed by atoms with van der Waals surface area (Å²) in [7, 11) is 0. The molecule has 1 heterocycles. The molecule has 1 aliphatic heterocycles. The maximum absolute atomic E-state index is 3.86. The molecule has 0 amide bonds. The summed E-state index contributed by atoms with van der Waals surface area (Å²) in [4.78, 5) is 0. The summed E-state index contributed by atoms with van der Waals surface area (Å²) >= 11 is 0. The van der Waals surface area contributed by atoms with Gasteiger partial charge in [0.2, 0.25) is 0 Å². The SMILES string of the molecule is CCCCNC1(CC)CC(C)(C)NC(C)(C)C1. The van der Waals surface area contributed by atoms with Crippen LogP contribution >= 0.6 is 0 Å². The predicted molar refractivity (Wildman–Crippen MR) is 76.5 cm³/mol. The molecule has 0 aliphatic carbocycles. The van der Waals surface area contributed by atoms with Gasteiger partial charge in [-0.15, -0.1) is 0 Å². The van der Waals surface area contributed by atoms with Crippen LogP contribution in [0.1, 0.15) is 73.6 Å². The van der Waals surface area contributed by atoms with E-state index in [0.717, 1.165) is 6.54 Å². The second-order valence-corrected chi connectivity index (χ2v) is 7.16. The van der Waals surface area contributed by atoms with Crippen molar-refractivity contribution in [3.8, 4) is 0 Å². The molecule has 1 fully saturated rings. The molecule has 0 bridgehead atoms. The van der Waals surface area contributed by atoms with E-state index in [9.17, 15) is 0 Å². The molecule has 2 nitrogen and oxygen atoms in total. The van der Waals surface area contributed by atoms with Gasteiger partial charge >= 0.3 is 0 Å². The minimum Gasteiger partial charge on any atom is -0.311 e. The van der Waals surface area contributed by atoms with Gasteiger partial charge in [-0.3, -0.25) is 0 Å². The topological polar surface area (TPSA) is 24.1 Å². The molecule has 0 aromatic carbocycles. The van der Waals surface area contributed by atoms with E-state index >= 15 is 0 Å². The number of rotatable bonds is 5. The lowest BCUT2D eigenvalue weighted by molar-refractivity contribution is 0.0768. The van der Waals surface area contributed by atoms with Gasteiger partial charge in [0.05, 0.1) is 0 Å². The van der Waals surface area contributed by atoms with Gasteiger partial charge in [-0.25, -0.2) is 0 Å². The second kappa shape index (κ2) is 5.27. The maximum atomic E-state index is 3.86. The van der Waals surface area contributed by atoms with Gasteiger partial charge in [0.1, 0.15) is 0 Å². The van der Waals surface area contributed by atoms with E-state index < -0.39 is 0 Å². The van der Waals surface area contributed by atoms with Gasteiger partial charge in [0.15, 0.2) is 0 Å². The van der Waals surface area contributed by atoms with Gasteiger partial charge in [-0.2, -0.15) is 0 Å². The van der Waals surface area contributed by atoms with Crippen LogP contribution in [0.2, 0.25) is 0 Å². The Bertz CT molecular complexity index is 227. The molecule has 1 rings (SSSR count). The standard InChI is InChI=1S/C15H32N2/c1-7-9-10-16-15(8-2)11-13(3,4)17-14(5,6)12-15/h16-17H,7-12H2,1-6H3. The molecule has 0 radical (unpaired) electrons. The van der Waals surface area contributed by atoms with Crippen LogP contribution in [0.5, 0.6) is 0 Å². The first-order valence-corrected chi connectivity index (χ1v) is 7.29. The Kier molecular flexibility index (Phi) is 4.65. The quantitative estimate of drug-likeness (QED) is 0.719. The highest BCUT2D eigenvalue weighted by Crippen LogP contribution is 2.37. The smallest absolute Gasteiger partial charge is 0.0213 e. The molecule has 0 aromatic rings. The van der Waals surface area contributed by atoms with Crippen molar-refractivity contribution in [3.63, 3.8) is 0 Å². The van der Waals surface area contributed by atoms with E-state index in [-0.39, 0.29) is 11.1 Å². The monoisotopic (exact) mass is 240 g/mol. The Morgan fingerprint density at radius 3 is 1.94 bits per heavy atom. The Morgan fingerprint density at radius 2 is 1.53 bits per heavy atom. The van der Waals surface area contributed by atoms with Crippen LogP contribution in [0.4, 0.5) is 0 Å². The van der Waals surface area contributed by atoms with Crippen molar-refractivity contribution in [1.82, 2.24) is 10.6 Å². The van der Waals surface area contributed by atoms with Crippen molar-refractivity contribution < 1.29 is 0 Å². The van der Waals surface area contributed by atoms with Crippen LogP contribution in [-0.4, -0.2) is 23.2 Å². The van der Waals surface area contributed by atoms with Crippen LogP contribution in [-0.2, 0) is 0 Å². The van der Waals surface area contributed by atoms with E-state index in [0.29, 0.717) is 5.54 Å². The predicted octanol–water partition coefficient (Wildman–Crippen LogP) is 3.47. The first-order chi connectivity index (χ1) is 7.74. The van der Waals surface area contributed by atoms with Crippen LogP contribution in [0, 0.1) is 0 Å². The van der Waals surface area contributed by atoms with E-state index in [1.54, 1.807) is 0 Å². The van der Waals surface area contributed by atoms with Crippen molar-refractivity contribution in [2.45, 2.75) is 90.3 Å². The molecule has 1 aliphatic rings. The number of unbranched alkanes of at least 4 members (excludes halogenated alkanes) is 1. The highest BCUT2D eigenvalue weighted by atomic mass is 15.1. The third-order valence-electron chi connectivity index (χ3n) is 3.94. The summed E-state index contributed by atoms with van der Waals surface area (Å²) in [6.07, 6.45) is 6.24. The number of nitrogens with one attached hydrogen (secondary N) is 2. The van der Waals surface area contributed by atoms with Gasteiger partial charge in [-0.05, 0) is 59.9 Å². The number of hydrogen-bond donors (Lipinski definition) is 2. The molecule has 0 spiro atoms. The first-order valence-electron chi connectivity index (χ1n) is 7.29. The minimum atomic E-state index is 0.233. The molecule has 17 heavy (non-hydrogen) atoms. The lowest BCUT2D eigenvalue weighted by atomic mass is 9.69. The van der Waals surface area contributed by atoms with Crippen LogP contribution in [0.25, 0.3) is 0 Å². The van der Waals surface area contributed by atoms with Crippen LogP contribution in [0.3, 0.4) is 0 Å². The lowest BCUT2D eigenvalue weighted by Crippen LogP contribution is -2.67. The molecule has 0 aromatic heterocycles. The van der Waals surface area contributed by atoms with E-state index in [4.69, 9.17) is 0 Å². The average molecular weight is 240 g/mol. The normalized spacial score (nSPS) is 25.8. The molecule has 1 saturated heterocycles. The second-order valence-electron chi connectivity index (χ2n) is 7.16. The van der Waals surface area contributed by atoms with Crippen molar-refractivity contribution in [2.24, 2.45) is 0 Å². The average Bonchev–Trinajstić information content (AvgIpc) is 2.13. The van der Waals surface area contributed by atoms with Gasteiger partial charge in [-0.1, -0.05) is 20.3 Å². The molecule has 2 N–H and O–H groups in total. The molecular formula is C15H32N2. The van der Waals surface area contributed by atoms with Crippen LogP contribution in [0.15, 0.2) is 0 Å². The van der Waals surface area contributed by atoms with E-state index in [2.05, 4.69) is 52.2 Å². The molecule has 0 atom stereocenters. The van der Waals surface area contributed by atoms with E-state index in [1.165, 1.54) is 32.1 Å². The highest BCUT2D eigenvalue weighted by Gasteiger charge is 2.45. The largest absolute Gasteiger partial charge is 0.311 e. The molecule has 0 unspecified atom stereocenters. The lowest BCUT2D eigenvalue weighted by Gasteiger charge is -2.53. The van der Waals surface area contributed by atoms with Gasteiger partial charge in [0, 0.05) is 16.6 Å². The van der Waals surface area contributed by atoms with Crippen molar-refractivity contribution in [1.29, 1.82) is 0 Å². The number of hydrogen-bond acceptors (Lipinski definition) is 2. The third kappa shape index (κ3) is 4.26. The zero-order chi connectivity index (χ0) is 13.2.